The number of piperidine rings is 1. The van der Waals surface area contributed by atoms with E-state index in [9.17, 15) is 14.0 Å². The second kappa shape index (κ2) is 8.09. The van der Waals surface area contributed by atoms with Crippen molar-refractivity contribution in [2.75, 3.05) is 11.9 Å². The van der Waals surface area contributed by atoms with Gasteiger partial charge in [0.05, 0.1) is 12.2 Å². The first-order valence-corrected chi connectivity index (χ1v) is 8.61. The summed E-state index contributed by atoms with van der Waals surface area (Å²) in [7, 11) is 0. The monoisotopic (exact) mass is 372 g/mol. The van der Waals surface area contributed by atoms with Crippen LogP contribution in [-0.2, 0) is 11.3 Å². The molecule has 0 spiro atoms. The molecule has 1 aliphatic heterocycles. The molecule has 0 radical (unpaired) electrons. The number of nitrogens with one attached hydrogen (secondary N) is 1. The number of carbonyl (C=O) groups excluding carboxylic acids is 2. The molecule has 1 saturated heterocycles. The molecular formula is C18H21FN6O2. The van der Waals surface area contributed by atoms with Crippen LogP contribution < -0.4 is 16.8 Å². The molecule has 2 heterocycles. The highest BCUT2D eigenvalue weighted by molar-refractivity contribution is 5.91. The maximum atomic E-state index is 13.6. The fourth-order valence-electron chi connectivity index (χ4n) is 3.43. The van der Waals surface area contributed by atoms with Gasteiger partial charge in [0.1, 0.15) is 5.82 Å². The molecule has 1 aliphatic rings. The minimum Gasteiger partial charge on any atom is -0.351 e. The molecule has 5 N–H and O–H groups in total. The van der Waals surface area contributed by atoms with E-state index in [2.05, 4.69) is 15.3 Å². The van der Waals surface area contributed by atoms with Gasteiger partial charge in [-0.2, -0.15) is 0 Å². The van der Waals surface area contributed by atoms with Crippen molar-refractivity contribution in [2.45, 2.75) is 25.4 Å². The van der Waals surface area contributed by atoms with E-state index >= 15 is 0 Å². The summed E-state index contributed by atoms with van der Waals surface area (Å²) in [5.74, 6) is -0.609. The lowest BCUT2D eigenvalue weighted by Gasteiger charge is -2.39. The quantitative estimate of drug-likeness (QED) is 0.750. The molecule has 0 saturated carbocycles. The first kappa shape index (κ1) is 18.7. The summed E-state index contributed by atoms with van der Waals surface area (Å²) in [5, 5.41) is 2.73. The minimum absolute atomic E-state index is 0.118. The number of urea groups is 1. The van der Waals surface area contributed by atoms with Gasteiger partial charge in [-0.15, -0.1) is 0 Å². The third-order valence-corrected chi connectivity index (χ3v) is 4.75. The predicted octanol–water partition coefficient (Wildman–Crippen LogP) is 1.54. The van der Waals surface area contributed by atoms with Crippen LogP contribution in [0.3, 0.4) is 0 Å². The number of rotatable bonds is 4. The van der Waals surface area contributed by atoms with Crippen molar-refractivity contribution < 1.29 is 14.0 Å². The van der Waals surface area contributed by atoms with Crippen LogP contribution in [0, 0.1) is 11.7 Å². The Labute approximate surface area is 155 Å². The third-order valence-electron chi connectivity index (χ3n) is 4.75. The third kappa shape index (κ3) is 4.20. The zero-order valence-corrected chi connectivity index (χ0v) is 14.6. The molecule has 0 bridgehead atoms. The van der Waals surface area contributed by atoms with Crippen LogP contribution in [-0.4, -0.2) is 33.4 Å². The molecule has 1 fully saturated rings. The smallest absolute Gasteiger partial charge is 0.315 e. The Morgan fingerprint density at radius 3 is 2.81 bits per heavy atom. The topological polar surface area (TPSA) is 127 Å². The van der Waals surface area contributed by atoms with Gasteiger partial charge in [0.25, 0.3) is 0 Å². The van der Waals surface area contributed by atoms with Gasteiger partial charge in [0.2, 0.25) is 5.91 Å². The summed E-state index contributed by atoms with van der Waals surface area (Å²) in [5.41, 5.74) is 12.6. The van der Waals surface area contributed by atoms with Gasteiger partial charge in [-0.05, 0) is 36.1 Å². The largest absolute Gasteiger partial charge is 0.351 e. The van der Waals surface area contributed by atoms with Gasteiger partial charge < -0.3 is 21.7 Å². The number of nitrogens with two attached hydrogens (primary N) is 2. The molecule has 2 aromatic rings. The fraction of sp³-hybridized carbons (Fsp3) is 0.333. The standard InChI is InChI=1S/C18H21FN6O2/c19-13-1-2-14(12(7-13)9-20)15-8-11(3-6-25(15)18(21)27)17(26)24-16-10-22-4-5-23-16/h1-2,4-5,7,10-11,15H,3,6,8-9,20H2,(H2,21,27)(H,23,24,26). The summed E-state index contributed by atoms with van der Waals surface area (Å²) < 4.78 is 13.6. The lowest BCUT2D eigenvalue weighted by Crippen LogP contribution is -2.46. The first-order valence-electron chi connectivity index (χ1n) is 8.61. The molecule has 1 aromatic carbocycles. The second-order valence-electron chi connectivity index (χ2n) is 6.40. The van der Waals surface area contributed by atoms with E-state index in [0.29, 0.717) is 36.3 Å². The number of hydrogen-bond donors (Lipinski definition) is 3. The molecule has 2 unspecified atom stereocenters. The second-order valence-corrected chi connectivity index (χ2v) is 6.40. The predicted molar refractivity (Wildman–Crippen MR) is 96.7 cm³/mol. The number of aromatic nitrogens is 2. The van der Waals surface area contributed by atoms with Gasteiger partial charge in [-0.25, -0.2) is 14.2 Å². The van der Waals surface area contributed by atoms with E-state index in [-0.39, 0.29) is 18.4 Å². The summed E-state index contributed by atoms with van der Waals surface area (Å²) in [6.07, 6.45) is 5.28. The van der Waals surface area contributed by atoms with Gasteiger partial charge in [-0.1, -0.05) is 6.07 Å². The van der Waals surface area contributed by atoms with E-state index < -0.39 is 17.9 Å². The summed E-state index contributed by atoms with van der Waals surface area (Å²) in [4.78, 5) is 34.0. The van der Waals surface area contributed by atoms with Crippen LogP contribution in [0.15, 0.2) is 36.8 Å². The lowest BCUT2D eigenvalue weighted by molar-refractivity contribution is -0.121. The Bertz CT molecular complexity index is 832. The average molecular weight is 372 g/mol. The number of benzene rings is 1. The van der Waals surface area contributed by atoms with Crippen molar-refractivity contribution >= 4 is 17.8 Å². The molecular weight excluding hydrogens is 351 g/mol. The molecule has 9 heteroatoms. The Hall–Kier alpha value is -3.07. The van der Waals surface area contributed by atoms with Gasteiger partial charge in [-0.3, -0.25) is 9.78 Å². The SMILES string of the molecule is NCc1cc(F)ccc1C1CC(C(=O)Nc2cnccn2)CCN1C(N)=O. The maximum Gasteiger partial charge on any atom is 0.315 e. The van der Waals surface area contributed by atoms with Crippen LogP contribution in [0.4, 0.5) is 15.0 Å². The van der Waals surface area contributed by atoms with E-state index in [1.807, 2.05) is 0 Å². The van der Waals surface area contributed by atoms with Crippen LogP contribution in [0.25, 0.3) is 0 Å². The molecule has 0 aliphatic carbocycles. The van der Waals surface area contributed by atoms with Crippen LogP contribution >= 0.6 is 0 Å². The van der Waals surface area contributed by atoms with Gasteiger partial charge >= 0.3 is 6.03 Å². The summed E-state index contributed by atoms with van der Waals surface area (Å²) in [6, 6.07) is 3.23. The molecule has 27 heavy (non-hydrogen) atoms. The minimum atomic E-state index is -0.583. The van der Waals surface area contributed by atoms with Crippen molar-refractivity contribution in [3.8, 4) is 0 Å². The van der Waals surface area contributed by atoms with Gasteiger partial charge in [0.15, 0.2) is 5.82 Å². The highest BCUT2D eigenvalue weighted by Crippen LogP contribution is 2.36. The highest BCUT2D eigenvalue weighted by atomic mass is 19.1. The molecule has 3 amide bonds. The number of hydrogen-bond acceptors (Lipinski definition) is 5. The number of amides is 3. The Kier molecular flexibility index (Phi) is 5.60. The molecule has 3 rings (SSSR count). The molecule has 1 aromatic heterocycles. The van der Waals surface area contributed by atoms with Crippen molar-refractivity contribution in [3.05, 3.63) is 53.7 Å². The Morgan fingerprint density at radius 2 is 2.15 bits per heavy atom. The number of likely N-dealkylation sites (tertiary alicyclic amines) is 1. The Balaban J connectivity index is 1.84. The van der Waals surface area contributed by atoms with Crippen LogP contribution in [0.1, 0.15) is 30.0 Å². The summed E-state index contributed by atoms with van der Waals surface area (Å²) in [6.45, 7) is 0.437. The number of anilines is 1. The van der Waals surface area contributed by atoms with E-state index in [0.717, 1.165) is 0 Å². The van der Waals surface area contributed by atoms with Gasteiger partial charge in [0, 0.05) is 31.4 Å². The number of nitrogens with zero attached hydrogens (tertiary/aromatic N) is 3. The van der Waals surface area contributed by atoms with Crippen LogP contribution in [0.5, 0.6) is 0 Å². The fourth-order valence-corrected chi connectivity index (χ4v) is 3.43. The molecule has 142 valence electrons. The van der Waals surface area contributed by atoms with Crippen molar-refractivity contribution in [2.24, 2.45) is 17.4 Å². The maximum absolute atomic E-state index is 13.6. The van der Waals surface area contributed by atoms with Crippen molar-refractivity contribution in [1.82, 2.24) is 14.9 Å². The van der Waals surface area contributed by atoms with Crippen LogP contribution in [0.2, 0.25) is 0 Å². The zero-order chi connectivity index (χ0) is 19.4. The van der Waals surface area contributed by atoms with Crippen molar-refractivity contribution in [1.29, 1.82) is 0 Å². The Morgan fingerprint density at radius 1 is 1.33 bits per heavy atom. The van der Waals surface area contributed by atoms with E-state index in [1.165, 1.54) is 35.6 Å². The normalized spacial score (nSPS) is 19.6. The van der Waals surface area contributed by atoms with E-state index in [1.54, 1.807) is 6.07 Å². The highest BCUT2D eigenvalue weighted by Gasteiger charge is 2.36. The number of carbonyl (C=O) groups is 2. The van der Waals surface area contributed by atoms with Crippen molar-refractivity contribution in [3.63, 3.8) is 0 Å². The average Bonchev–Trinajstić information content (AvgIpc) is 2.68. The zero-order valence-electron chi connectivity index (χ0n) is 14.6. The molecule has 8 nitrogen and oxygen atoms in total. The molecule has 2 atom stereocenters. The number of primary amides is 1. The first-order chi connectivity index (χ1) is 13.0. The summed E-state index contributed by atoms with van der Waals surface area (Å²) >= 11 is 0. The lowest BCUT2D eigenvalue weighted by atomic mass is 9.85. The van der Waals surface area contributed by atoms with E-state index in [4.69, 9.17) is 11.5 Å². The number of halogens is 1.